The maximum atomic E-state index is 9.01. The summed E-state index contributed by atoms with van der Waals surface area (Å²) >= 11 is 0. The number of hydrogen-bond acceptors (Lipinski definition) is 7. The van der Waals surface area contributed by atoms with Crippen LogP contribution in [0.25, 0.3) is 21.5 Å². The maximum Gasteiger partial charge on any atom is 0.259 e. The third-order valence-corrected chi connectivity index (χ3v) is 12.2. The Hall–Kier alpha value is -5.68. The SMILES string of the molecule is COc1ccc(C(OCCC#Cc2ccc3ccc4ccc(C#CCCOP(OCCC#N)N(C(C)C)C(C)C)cc4c3c2)(c2ccccc2)c2ccc(OC)cc2)cc1. The quantitative estimate of drug-likeness (QED) is 0.0298. The van der Waals surface area contributed by atoms with Crippen LogP contribution in [0.2, 0.25) is 0 Å². The Morgan fingerprint density at radius 2 is 1.02 bits per heavy atom. The number of fused-ring (bicyclic) bond motifs is 3. The minimum absolute atomic E-state index is 0.249. The van der Waals surface area contributed by atoms with Crippen molar-refractivity contribution < 1.29 is 23.3 Å². The van der Waals surface area contributed by atoms with E-state index in [-0.39, 0.29) is 12.1 Å². The van der Waals surface area contributed by atoms with Gasteiger partial charge in [-0.25, -0.2) is 4.67 Å². The maximum absolute atomic E-state index is 9.01. The zero-order chi connectivity index (χ0) is 42.3. The van der Waals surface area contributed by atoms with Crippen molar-refractivity contribution in [2.75, 3.05) is 34.0 Å². The van der Waals surface area contributed by atoms with Crippen LogP contribution in [0.5, 0.6) is 11.5 Å². The van der Waals surface area contributed by atoms with E-state index in [1.165, 1.54) is 0 Å². The molecule has 0 N–H and O–H groups in total. The van der Waals surface area contributed by atoms with E-state index in [1.807, 2.05) is 42.5 Å². The number of methoxy groups -OCH3 is 2. The van der Waals surface area contributed by atoms with Gasteiger partial charge in [0.25, 0.3) is 8.53 Å². The first-order chi connectivity index (χ1) is 29.3. The van der Waals surface area contributed by atoms with Crippen molar-refractivity contribution in [3.05, 3.63) is 155 Å². The first-order valence-corrected chi connectivity index (χ1v) is 21.5. The van der Waals surface area contributed by atoms with E-state index >= 15 is 0 Å². The second-order valence-electron chi connectivity index (χ2n) is 14.8. The zero-order valence-corrected chi connectivity index (χ0v) is 36.3. The van der Waals surface area contributed by atoms with Gasteiger partial charge in [-0.05, 0) is 114 Å². The van der Waals surface area contributed by atoms with E-state index in [2.05, 4.69) is 147 Å². The van der Waals surface area contributed by atoms with Crippen molar-refractivity contribution in [1.82, 2.24) is 4.67 Å². The van der Waals surface area contributed by atoms with Crippen molar-refractivity contribution >= 4 is 30.1 Å². The summed E-state index contributed by atoms with van der Waals surface area (Å²) < 4.78 is 32.5. The third kappa shape index (κ3) is 10.7. The molecule has 6 aromatic carbocycles. The van der Waals surface area contributed by atoms with Crippen LogP contribution >= 0.6 is 8.53 Å². The van der Waals surface area contributed by atoms with Gasteiger partial charge in [-0.1, -0.05) is 103 Å². The number of hydrogen-bond donors (Lipinski definition) is 0. The molecule has 8 heteroatoms. The summed E-state index contributed by atoms with van der Waals surface area (Å²) in [7, 11) is 2.05. The summed E-state index contributed by atoms with van der Waals surface area (Å²) in [5.74, 6) is 15.0. The standard InChI is InChI=1S/C52H53N2O5P/c1-39(2)54(40(3)4)60(59-36-14-33-53)58-35-13-11-16-42-20-22-44-24-23-43-21-19-41(37-50(43)51(44)38-42)15-10-12-34-57-52(45-17-8-7-9-18-45,46-25-29-48(55-5)30-26-46)47-27-31-49(56-6)32-28-47/h7-9,17-32,37-40H,12-14,34-36H2,1-6H3. The van der Waals surface area contributed by atoms with Crippen molar-refractivity contribution in [3.8, 4) is 41.2 Å². The summed E-state index contributed by atoms with van der Waals surface area (Å²) in [6, 6.07) is 46.1. The van der Waals surface area contributed by atoms with Crippen LogP contribution in [-0.2, 0) is 19.4 Å². The van der Waals surface area contributed by atoms with Crippen molar-refractivity contribution in [2.24, 2.45) is 0 Å². The molecule has 0 fully saturated rings. The van der Waals surface area contributed by atoms with Gasteiger partial charge >= 0.3 is 0 Å². The molecule has 0 aromatic heterocycles. The molecule has 0 bridgehead atoms. The molecule has 6 aromatic rings. The average molecular weight is 817 g/mol. The Morgan fingerprint density at radius 3 is 1.48 bits per heavy atom. The molecule has 60 heavy (non-hydrogen) atoms. The molecule has 0 radical (unpaired) electrons. The van der Waals surface area contributed by atoms with Crippen molar-refractivity contribution in [3.63, 3.8) is 0 Å². The number of nitrogens with zero attached hydrogens (tertiary/aromatic N) is 2. The molecule has 7 nitrogen and oxygen atoms in total. The van der Waals surface area contributed by atoms with Gasteiger partial charge in [0.05, 0.1) is 46.5 Å². The summed E-state index contributed by atoms with van der Waals surface area (Å²) in [5, 5.41) is 13.6. The molecule has 6 rings (SSSR count). The second kappa shape index (κ2) is 21.5. The third-order valence-electron chi connectivity index (χ3n) is 10.1. The Kier molecular flexibility index (Phi) is 15.8. The Bertz CT molecular complexity index is 2440. The highest BCUT2D eigenvalue weighted by atomic mass is 31.2. The van der Waals surface area contributed by atoms with E-state index in [4.69, 9.17) is 28.5 Å². The largest absolute Gasteiger partial charge is 0.497 e. The number of ether oxygens (including phenoxy) is 3. The topological polar surface area (TPSA) is 73.2 Å². The molecule has 306 valence electrons. The lowest BCUT2D eigenvalue weighted by Gasteiger charge is -2.36. The van der Waals surface area contributed by atoms with Crippen LogP contribution in [0.4, 0.5) is 0 Å². The number of benzene rings is 6. The van der Waals surface area contributed by atoms with E-state index in [9.17, 15) is 0 Å². The van der Waals surface area contributed by atoms with Gasteiger partial charge in [0.1, 0.15) is 17.1 Å². The molecule has 0 aliphatic rings. The molecule has 0 spiro atoms. The van der Waals surface area contributed by atoms with E-state index in [0.717, 1.165) is 60.9 Å². The molecule has 0 saturated carbocycles. The van der Waals surface area contributed by atoms with Gasteiger partial charge in [-0.15, -0.1) is 0 Å². The van der Waals surface area contributed by atoms with Gasteiger partial charge in [0, 0.05) is 36.1 Å². The van der Waals surface area contributed by atoms with Crippen LogP contribution in [0.3, 0.4) is 0 Å². The van der Waals surface area contributed by atoms with Gasteiger partial charge < -0.3 is 23.3 Å². The second-order valence-corrected chi connectivity index (χ2v) is 16.2. The van der Waals surface area contributed by atoms with Crippen LogP contribution in [-0.4, -0.2) is 50.8 Å². The lowest BCUT2D eigenvalue weighted by Crippen LogP contribution is -2.33. The molecule has 1 unspecified atom stereocenters. The van der Waals surface area contributed by atoms with Gasteiger partial charge in [-0.3, -0.25) is 0 Å². The summed E-state index contributed by atoms with van der Waals surface area (Å²) in [6.45, 7) is 9.72. The number of rotatable bonds is 17. The lowest BCUT2D eigenvalue weighted by atomic mass is 9.80. The fraction of sp³-hybridized carbons (Fsp3) is 0.288. The molecular formula is C52H53N2O5P. The zero-order valence-electron chi connectivity index (χ0n) is 35.4. The molecule has 0 aliphatic carbocycles. The van der Waals surface area contributed by atoms with E-state index in [1.54, 1.807) is 14.2 Å². The minimum Gasteiger partial charge on any atom is -0.497 e. The van der Waals surface area contributed by atoms with Gasteiger partial charge in [0.2, 0.25) is 0 Å². The first kappa shape index (κ1) is 43.9. The summed E-state index contributed by atoms with van der Waals surface area (Å²) in [4.78, 5) is 0. The minimum atomic E-state index is -1.29. The average Bonchev–Trinajstić information content (AvgIpc) is 3.27. The summed E-state index contributed by atoms with van der Waals surface area (Å²) in [5.41, 5.74) is 3.97. The Balaban J connectivity index is 1.19. The highest BCUT2D eigenvalue weighted by molar-refractivity contribution is 7.44. The lowest BCUT2D eigenvalue weighted by molar-refractivity contribution is 0.0164. The first-order valence-electron chi connectivity index (χ1n) is 20.4. The fourth-order valence-electron chi connectivity index (χ4n) is 7.35. The Morgan fingerprint density at radius 1 is 0.567 bits per heavy atom. The number of nitriles is 1. The monoisotopic (exact) mass is 816 g/mol. The molecule has 1 atom stereocenters. The highest BCUT2D eigenvalue weighted by Crippen LogP contribution is 2.46. The van der Waals surface area contributed by atoms with Crippen molar-refractivity contribution in [1.29, 1.82) is 5.26 Å². The van der Waals surface area contributed by atoms with Crippen molar-refractivity contribution in [2.45, 2.75) is 64.6 Å². The molecule has 0 heterocycles. The molecular weight excluding hydrogens is 764 g/mol. The van der Waals surface area contributed by atoms with Crippen LogP contribution in [0.15, 0.2) is 127 Å². The Labute approximate surface area is 357 Å². The van der Waals surface area contributed by atoms with E-state index in [0.29, 0.717) is 39.1 Å². The molecule has 0 amide bonds. The van der Waals surface area contributed by atoms with Crippen LogP contribution in [0.1, 0.15) is 74.8 Å². The summed E-state index contributed by atoms with van der Waals surface area (Å²) in [6.07, 6.45) is 1.42. The predicted octanol–water partition coefficient (Wildman–Crippen LogP) is 11.8. The molecule has 0 saturated heterocycles. The van der Waals surface area contributed by atoms with Crippen LogP contribution in [0, 0.1) is 35.0 Å². The highest BCUT2D eigenvalue weighted by Gasteiger charge is 2.37. The fourth-order valence-corrected chi connectivity index (χ4v) is 8.94. The van der Waals surface area contributed by atoms with E-state index < -0.39 is 14.1 Å². The molecule has 0 aliphatic heterocycles. The smallest absolute Gasteiger partial charge is 0.259 e. The van der Waals surface area contributed by atoms with Gasteiger partial charge in [0.15, 0.2) is 0 Å². The normalized spacial score (nSPS) is 11.9. The van der Waals surface area contributed by atoms with Crippen LogP contribution < -0.4 is 9.47 Å². The predicted molar refractivity (Wildman–Crippen MR) is 244 cm³/mol. The van der Waals surface area contributed by atoms with Gasteiger partial charge in [-0.2, -0.15) is 5.26 Å².